The van der Waals surface area contributed by atoms with Crippen LogP contribution in [0.1, 0.15) is 47.4 Å². The lowest BCUT2D eigenvalue weighted by Gasteiger charge is -2.15. The Labute approximate surface area is 236 Å². The lowest BCUT2D eigenvalue weighted by molar-refractivity contribution is -0.137. The van der Waals surface area contributed by atoms with Gasteiger partial charge in [-0.25, -0.2) is 19.7 Å². The number of hydrogen-bond acceptors (Lipinski definition) is 8. The van der Waals surface area contributed by atoms with Crippen molar-refractivity contribution < 1.29 is 24.2 Å². The molecule has 2 aromatic heterocycles. The largest absolute Gasteiger partial charge is 0.492 e. The summed E-state index contributed by atoms with van der Waals surface area (Å²) in [5, 5.41) is 13.1. The number of carbonyl (C=O) groups is 2. The number of esters is 1. The average Bonchev–Trinajstić information content (AvgIpc) is 3.69. The minimum absolute atomic E-state index is 0.00305. The van der Waals surface area contributed by atoms with Crippen molar-refractivity contribution >= 4 is 40.5 Å². The quantitative estimate of drug-likeness (QED) is 0.219. The number of benzene rings is 2. The van der Waals surface area contributed by atoms with Crippen molar-refractivity contribution in [3.8, 4) is 17.1 Å². The van der Waals surface area contributed by atoms with Crippen molar-refractivity contribution in [2.45, 2.75) is 39.2 Å². The zero-order chi connectivity index (χ0) is 28.2. The first-order valence-electron chi connectivity index (χ1n) is 13.1. The zero-order valence-electron chi connectivity index (χ0n) is 22.3. The molecule has 1 saturated carbocycles. The number of anilines is 1. The van der Waals surface area contributed by atoms with Gasteiger partial charge in [0.25, 0.3) is 0 Å². The summed E-state index contributed by atoms with van der Waals surface area (Å²) in [6.07, 6.45) is 3.31. The molecule has 0 bridgehead atoms. The van der Waals surface area contributed by atoms with Gasteiger partial charge in [0, 0.05) is 18.1 Å². The molecule has 0 amide bonds. The number of hydrogen-bond donors (Lipinski definition) is 2. The Morgan fingerprint density at radius 1 is 1.12 bits per heavy atom. The molecular weight excluding hydrogens is 534 g/mol. The minimum Gasteiger partial charge on any atom is -0.492 e. The summed E-state index contributed by atoms with van der Waals surface area (Å²) in [6.45, 7) is 3.05. The molecule has 2 N–H and O–H groups in total. The molecule has 0 aliphatic heterocycles. The Hall–Kier alpha value is -4.18. The number of methoxy groups -OCH3 is 1. The van der Waals surface area contributed by atoms with Crippen LogP contribution >= 0.6 is 11.6 Å². The number of fused-ring (bicyclic) bond motifs is 1. The SMILES string of the molecule is COC(=O)c1nc(NCCC2CC2)c2c(n1)nc(-c1cc(C)ccc1OCCC(=O)O)n2Cc1ccc(Cl)cc1. The molecule has 0 unspecified atom stereocenters. The van der Waals surface area contributed by atoms with E-state index >= 15 is 0 Å². The fourth-order valence-corrected chi connectivity index (χ4v) is 4.59. The number of ether oxygens (including phenoxy) is 2. The standard InChI is InChI=1S/C29H30ClN5O5/c1-17-3-10-22(40-14-12-23(36)37)21(15-17)28-34-26-24(35(28)16-19-6-8-20(30)9-7-19)25(31-13-11-18-4-5-18)32-27(33-26)29(38)39-2/h3,6-10,15,18H,4-5,11-14,16H2,1-2H3,(H,36,37)(H,31,32,33). The fraction of sp³-hybridized carbons (Fsp3) is 0.345. The molecule has 2 heterocycles. The number of carboxylic acids is 1. The second-order valence-electron chi connectivity index (χ2n) is 9.86. The third-order valence-corrected chi connectivity index (χ3v) is 6.97. The number of aliphatic carboxylic acids is 1. The van der Waals surface area contributed by atoms with Crippen molar-refractivity contribution in [1.82, 2.24) is 19.5 Å². The van der Waals surface area contributed by atoms with E-state index in [0.717, 1.165) is 17.5 Å². The van der Waals surface area contributed by atoms with Gasteiger partial charge in [-0.1, -0.05) is 48.2 Å². The zero-order valence-corrected chi connectivity index (χ0v) is 23.1. The molecule has 0 radical (unpaired) electrons. The second-order valence-corrected chi connectivity index (χ2v) is 10.3. The van der Waals surface area contributed by atoms with E-state index in [1.54, 1.807) is 6.07 Å². The van der Waals surface area contributed by atoms with E-state index in [1.165, 1.54) is 20.0 Å². The van der Waals surface area contributed by atoms with E-state index in [4.69, 9.17) is 31.2 Å². The van der Waals surface area contributed by atoms with Gasteiger partial charge in [0.1, 0.15) is 17.1 Å². The first kappa shape index (κ1) is 27.4. The highest BCUT2D eigenvalue weighted by Gasteiger charge is 2.25. The summed E-state index contributed by atoms with van der Waals surface area (Å²) < 4.78 is 12.8. The molecule has 0 spiro atoms. The minimum atomic E-state index is -0.948. The van der Waals surface area contributed by atoms with Crippen LogP contribution in [0.3, 0.4) is 0 Å². The molecule has 2 aromatic carbocycles. The van der Waals surface area contributed by atoms with Gasteiger partial charge in [-0.15, -0.1) is 0 Å². The number of rotatable bonds is 12. The van der Waals surface area contributed by atoms with Crippen LogP contribution in [0, 0.1) is 12.8 Å². The van der Waals surface area contributed by atoms with Crippen LogP contribution in [-0.4, -0.2) is 56.8 Å². The third kappa shape index (κ3) is 6.34. The van der Waals surface area contributed by atoms with Crippen molar-refractivity contribution in [2.24, 2.45) is 5.92 Å². The van der Waals surface area contributed by atoms with Crippen LogP contribution in [0.2, 0.25) is 5.02 Å². The van der Waals surface area contributed by atoms with Gasteiger partial charge in [-0.05, 0) is 49.1 Å². The van der Waals surface area contributed by atoms with Gasteiger partial charge >= 0.3 is 11.9 Å². The normalized spacial score (nSPS) is 12.9. The number of nitrogens with zero attached hydrogens (tertiary/aromatic N) is 4. The Morgan fingerprint density at radius 2 is 1.90 bits per heavy atom. The van der Waals surface area contributed by atoms with Crippen LogP contribution in [0.15, 0.2) is 42.5 Å². The van der Waals surface area contributed by atoms with E-state index < -0.39 is 11.9 Å². The van der Waals surface area contributed by atoms with E-state index in [1.807, 2.05) is 47.9 Å². The van der Waals surface area contributed by atoms with Gasteiger partial charge in [0.15, 0.2) is 11.5 Å². The Kier molecular flexibility index (Phi) is 8.16. The highest BCUT2D eigenvalue weighted by Crippen LogP contribution is 2.36. The molecule has 1 aliphatic rings. The molecule has 1 aliphatic carbocycles. The maximum Gasteiger partial charge on any atom is 0.376 e. The maximum atomic E-state index is 12.5. The van der Waals surface area contributed by atoms with Gasteiger partial charge in [0.2, 0.25) is 5.82 Å². The van der Waals surface area contributed by atoms with Crippen molar-refractivity contribution in [1.29, 1.82) is 0 Å². The molecule has 11 heteroatoms. The van der Waals surface area contributed by atoms with Crippen LogP contribution < -0.4 is 10.1 Å². The topological polar surface area (TPSA) is 128 Å². The summed E-state index contributed by atoms with van der Waals surface area (Å²) in [4.78, 5) is 37.5. The molecule has 1 fully saturated rings. The van der Waals surface area contributed by atoms with Crippen molar-refractivity contribution in [3.63, 3.8) is 0 Å². The Morgan fingerprint density at radius 3 is 2.60 bits per heavy atom. The Balaban J connectivity index is 1.68. The van der Waals surface area contributed by atoms with E-state index in [-0.39, 0.29) is 18.9 Å². The summed E-state index contributed by atoms with van der Waals surface area (Å²) in [5.74, 6) is 0.528. The maximum absolute atomic E-state index is 12.5. The fourth-order valence-electron chi connectivity index (χ4n) is 4.47. The molecule has 10 nitrogen and oxygen atoms in total. The molecule has 0 saturated heterocycles. The van der Waals surface area contributed by atoms with Gasteiger partial charge in [-0.3, -0.25) is 4.79 Å². The van der Waals surface area contributed by atoms with Crippen LogP contribution in [-0.2, 0) is 16.1 Å². The molecule has 5 rings (SSSR count). The van der Waals surface area contributed by atoms with Gasteiger partial charge in [-0.2, -0.15) is 0 Å². The third-order valence-electron chi connectivity index (χ3n) is 6.72. The lowest BCUT2D eigenvalue weighted by atomic mass is 10.1. The predicted molar refractivity (Wildman–Crippen MR) is 151 cm³/mol. The van der Waals surface area contributed by atoms with E-state index in [2.05, 4.69) is 15.3 Å². The first-order valence-corrected chi connectivity index (χ1v) is 13.5. The average molecular weight is 564 g/mol. The summed E-state index contributed by atoms with van der Waals surface area (Å²) >= 11 is 6.15. The summed E-state index contributed by atoms with van der Waals surface area (Å²) in [5.41, 5.74) is 3.56. The molecular formula is C29H30ClN5O5. The van der Waals surface area contributed by atoms with Gasteiger partial charge < -0.3 is 24.5 Å². The molecule has 0 atom stereocenters. The number of nitrogens with one attached hydrogen (secondary N) is 1. The highest BCUT2D eigenvalue weighted by atomic mass is 35.5. The smallest absolute Gasteiger partial charge is 0.376 e. The number of carboxylic acid groups (broad SMARTS) is 1. The first-order chi connectivity index (χ1) is 19.3. The van der Waals surface area contributed by atoms with Gasteiger partial charge in [0.05, 0.1) is 25.7 Å². The van der Waals surface area contributed by atoms with Crippen molar-refractivity contribution in [2.75, 3.05) is 25.6 Å². The Bertz CT molecular complexity index is 1550. The number of carbonyl (C=O) groups excluding carboxylic acids is 1. The predicted octanol–water partition coefficient (Wildman–Crippen LogP) is 5.36. The number of halogens is 1. The number of aromatic nitrogens is 4. The van der Waals surface area contributed by atoms with Crippen LogP contribution in [0.25, 0.3) is 22.6 Å². The monoisotopic (exact) mass is 563 g/mol. The molecule has 208 valence electrons. The number of imidazole rings is 1. The van der Waals surface area contributed by atoms with Crippen molar-refractivity contribution in [3.05, 3.63) is 64.4 Å². The number of aryl methyl sites for hydroxylation is 1. The van der Waals surface area contributed by atoms with Crippen LogP contribution in [0.5, 0.6) is 5.75 Å². The van der Waals surface area contributed by atoms with E-state index in [9.17, 15) is 9.59 Å². The van der Waals surface area contributed by atoms with Crippen LogP contribution in [0.4, 0.5) is 5.82 Å². The summed E-state index contributed by atoms with van der Waals surface area (Å²) in [6, 6.07) is 13.1. The lowest BCUT2D eigenvalue weighted by Crippen LogP contribution is -2.13. The molecule has 4 aromatic rings. The second kappa shape index (κ2) is 11.9. The molecule has 40 heavy (non-hydrogen) atoms. The highest BCUT2D eigenvalue weighted by molar-refractivity contribution is 6.30. The van der Waals surface area contributed by atoms with E-state index in [0.29, 0.717) is 58.1 Å². The summed E-state index contributed by atoms with van der Waals surface area (Å²) in [7, 11) is 1.29.